The lowest BCUT2D eigenvalue weighted by Gasteiger charge is -2.47. The molecule has 0 bridgehead atoms. The molecular formula is C25H22Cl2N2O2. The number of anilines is 1. The quantitative estimate of drug-likeness (QED) is 0.534. The molecule has 0 saturated carbocycles. The minimum Gasteiger partial charge on any atom is -0.497 e. The SMILES string of the molecule is COc1cccc([C@H]2NCC[C@@H](c3cccc(Cl)c3)[C@]23C(=O)Nc2cc(Cl)ccc23)c1. The average molecular weight is 453 g/mol. The first-order valence-electron chi connectivity index (χ1n) is 10.3. The van der Waals surface area contributed by atoms with Crippen molar-refractivity contribution < 1.29 is 9.53 Å². The maximum Gasteiger partial charge on any atom is 0.237 e. The van der Waals surface area contributed by atoms with Crippen LogP contribution in [0.3, 0.4) is 0 Å². The van der Waals surface area contributed by atoms with Crippen molar-refractivity contribution in [2.24, 2.45) is 0 Å². The predicted molar refractivity (Wildman–Crippen MR) is 124 cm³/mol. The van der Waals surface area contributed by atoms with Gasteiger partial charge in [-0.05, 0) is 66.1 Å². The van der Waals surface area contributed by atoms with Crippen LogP contribution in [-0.4, -0.2) is 19.6 Å². The van der Waals surface area contributed by atoms with Gasteiger partial charge in [0.2, 0.25) is 5.91 Å². The normalized spacial score (nSPS) is 24.7. The summed E-state index contributed by atoms with van der Waals surface area (Å²) in [6.45, 7) is 0.775. The number of methoxy groups -OCH3 is 1. The molecule has 6 heteroatoms. The highest BCUT2D eigenvalue weighted by Gasteiger charge is 2.59. The largest absolute Gasteiger partial charge is 0.497 e. The average Bonchev–Trinajstić information content (AvgIpc) is 3.05. The van der Waals surface area contributed by atoms with Gasteiger partial charge in [0.05, 0.1) is 13.2 Å². The summed E-state index contributed by atoms with van der Waals surface area (Å²) in [5, 5.41) is 8.01. The van der Waals surface area contributed by atoms with Gasteiger partial charge < -0.3 is 15.4 Å². The standard InChI is InChI=1S/C25H22Cl2N2O2/c1-31-19-7-3-5-16(13-19)23-25(21-9-8-18(27)14-22(21)29-24(25)30)20(10-11-28-23)15-4-2-6-17(26)12-15/h2-9,12-14,20,23,28H,10-11H2,1H3,(H,29,30)/t20-,23+,25+/m0/s1. The zero-order valence-electron chi connectivity index (χ0n) is 17.0. The summed E-state index contributed by atoms with van der Waals surface area (Å²) < 4.78 is 5.47. The highest BCUT2D eigenvalue weighted by atomic mass is 35.5. The maximum absolute atomic E-state index is 13.9. The fraction of sp³-hybridized carbons (Fsp3) is 0.240. The molecule has 3 atom stereocenters. The summed E-state index contributed by atoms with van der Waals surface area (Å²) in [7, 11) is 1.65. The highest BCUT2D eigenvalue weighted by molar-refractivity contribution is 6.31. The van der Waals surface area contributed by atoms with Gasteiger partial charge in [0, 0.05) is 21.7 Å². The number of piperidine rings is 1. The first-order chi connectivity index (χ1) is 15.0. The number of hydrogen-bond acceptors (Lipinski definition) is 3. The van der Waals surface area contributed by atoms with E-state index in [-0.39, 0.29) is 17.9 Å². The van der Waals surface area contributed by atoms with Crippen molar-refractivity contribution in [2.75, 3.05) is 19.0 Å². The molecule has 4 nitrogen and oxygen atoms in total. The monoisotopic (exact) mass is 452 g/mol. The summed E-state index contributed by atoms with van der Waals surface area (Å²) in [4.78, 5) is 13.9. The number of fused-ring (bicyclic) bond motifs is 2. The minimum absolute atomic E-state index is 0.0326. The molecule has 2 N–H and O–H groups in total. The Hall–Kier alpha value is -2.53. The Labute approximate surface area is 191 Å². The summed E-state index contributed by atoms with van der Waals surface area (Å²) in [5.74, 6) is 0.662. The van der Waals surface area contributed by atoms with Crippen molar-refractivity contribution >= 4 is 34.8 Å². The lowest BCUT2D eigenvalue weighted by molar-refractivity contribution is -0.123. The van der Waals surface area contributed by atoms with E-state index in [4.69, 9.17) is 27.9 Å². The highest BCUT2D eigenvalue weighted by Crippen LogP contribution is 2.57. The number of rotatable bonds is 3. The molecule has 31 heavy (non-hydrogen) atoms. The lowest BCUT2D eigenvalue weighted by atomic mass is 9.59. The van der Waals surface area contributed by atoms with Crippen molar-refractivity contribution in [3.63, 3.8) is 0 Å². The van der Waals surface area contributed by atoms with Crippen LogP contribution in [-0.2, 0) is 10.2 Å². The predicted octanol–water partition coefficient (Wildman–Crippen LogP) is 5.71. The first kappa shape index (κ1) is 20.4. The van der Waals surface area contributed by atoms with Gasteiger partial charge in [0.1, 0.15) is 11.2 Å². The molecule has 1 spiro atoms. The second-order valence-corrected chi connectivity index (χ2v) is 8.95. The molecule has 1 amide bonds. The van der Waals surface area contributed by atoms with Crippen molar-refractivity contribution in [1.29, 1.82) is 0 Å². The molecule has 1 saturated heterocycles. The van der Waals surface area contributed by atoms with E-state index in [0.29, 0.717) is 10.0 Å². The van der Waals surface area contributed by atoms with Crippen molar-refractivity contribution in [3.05, 3.63) is 93.5 Å². The molecule has 158 valence electrons. The molecule has 1 fully saturated rings. The van der Waals surface area contributed by atoms with Crippen LogP contribution < -0.4 is 15.4 Å². The van der Waals surface area contributed by atoms with E-state index >= 15 is 0 Å². The zero-order chi connectivity index (χ0) is 21.6. The summed E-state index contributed by atoms with van der Waals surface area (Å²) >= 11 is 12.6. The summed E-state index contributed by atoms with van der Waals surface area (Å²) in [6.07, 6.45) is 0.802. The molecule has 0 aromatic heterocycles. The molecule has 5 rings (SSSR count). The van der Waals surface area contributed by atoms with Gasteiger partial charge in [0.15, 0.2) is 0 Å². The topological polar surface area (TPSA) is 50.4 Å². The molecule has 0 radical (unpaired) electrons. The third kappa shape index (κ3) is 3.21. The molecule has 3 aromatic rings. The van der Waals surface area contributed by atoms with Crippen LogP contribution >= 0.6 is 23.2 Å². The number of ether oxygens (including phenoxy) is 1. The van der Waals surface area contributed by atoms with Crippen LogP contribution in [0.25, 0.3) is 0 Å². The second kappa shape index (κ2) is 7.86. The third-order valence-corrected chi connectivity index (χ3v) is 6.99. The Kier molecular flexibility index (Phi) is 5.17. The van der Waals surface area contributed by atoms with E-state index in [2.05, 4.69) is 16.7 Å². The van der Waals surface area contributed by atoms with Crippen LogP contribution in [0.4, 0.5) is 5.69 Å². The van der Waals surface area contributed by atoms with Crippen LogP contribution in [0.1, 0.15) is 35.1 Å². The van der Waals surface area contributed by atoms with E-state index in [9.17, 15) is 4.79 Å². The Morgan fingerprint density at radius 1 is 0.968 bits per heavy atom. The Morgan fingerprint density at radius 3 is 2.55 bits per heavy atom. The fourth-order valence-corrected chi connectivity index (χ4v) is 5.65. The lowest BCUT2D eigenvalue weighted by Crippen LogP contribution is -2.55. The van der Waals surface area contributed by atoms with Gasteiger partial charge in [-0.15, -0.1) is 0 Å². The van der Waals surface area contributed by atoms with Gasteiger partial charge in [0.25, 0.3) is 0 Å². The van der Waals surface area contributed by atoms with Gasteiger partial charge in [-0.3, -0.25) is 4.79 Å². The number of amides is 1. The first-order valence-corrected chi connectivity index (χ1v) is 11.0. The molecule has 2 aliphatic rings. The summed E-state index contributed by atoms with van der Waals surface area (Å²) in [6, 6.07) is 21.2. The third-order valence-electron chi connectivity index (χ3n) is 6.52. The van der Waals surface area contributed by atoms with E-state index in [1.165, 1.54) is 0 Å². The van der Waals surface area contributed by atoms with Crippen LogP contribution in [0, 0.1) is 0 Å². The van der Waals surface area contributed by atoms with Crippen molar-refractivity contribution in [3.8, 4) is 5.75 Å². The van der Waals surface area contributed by atoms with E-state index < -0.39 is 5.41 Å². The zero-order valence-corrected chi connectivity index (χ0v) is 18.5. The Bertz CT molecular complexity index is 1170. The smallest absolute Gasteiger partial charge is 0.237 e. The van der Waals surface area contributed by atoms with Gasteiger partial charge >= 0.3 is 0 Å². The fourth-order valence-electron chi connectivity index (χ4n) is 5.28. The maximum atomic E-state index is 13.9. The number of carbonyl (C=O) groups is 1. The molecule has 0 unspecified atom stereocenters. The second-order valence-electron chi connectivity index (χ2n) is 8.07. The van der Waals surface area contributed by atoms with Crippen molar-refractivity contribution in [2.45, 2.75) is 23.8 Å². The number of nitrogens with one attached hydrogen (secondary N) is 2. The van der Waals surface area contributed by atoms with Gasteiger partial charge in [-0.1, -0.05) is 53.5 Å². The van der Waals surface area contributed by atoms with E-state index in [1.807, 2.05) is 60.7 Å². The van der Waals surface area contributed by atoms with Crippen LogP contribution in [0.15, 0.2) is 66.7 Å². The molecule has 0 aliphatic carbocycles. The van der Waals surface area contributed by atoms with E-state index in [0.717, 1.165) is 41.1 Å². The van der Waals surface area contributed by atoms with Crippen molar-refractivity contribution in [1.82, 2.24) is 5.32 Å². The van der Waals surface area contributed by atoms with Crippen LogP contribution in [0.2, 0.25) is 10.0 Å². The number of carbonyl (C=O) groups excluding carboxylic acids is 1. The minimum atomic E-state index is -0.852. The molecule has 2 aliphatic heterocycles. The Morgan fingerprint density at radius 2 is 1.74 bits per heavy atom. The molecule has 3 aromatic carbocycles. The Balaban J connectivity index is 1.77. The number of benzene rings is 3. The van der Waals surface area contributed by atoms with E-state index in [1.54, 1.807) is 7.11 Å². The number of hydrogen-bond donors (Lipinski definition) is 2. The summed E-state index contributed by atoms with van der Waals surface area (Å²) in [5.41, 5.74) is 2.92. The van der Waals surface area contributed by atoms with Gasteiger partial charge in [-0.2, -0.15) is 0 Å². The van der Waals surface area contributed by atoms with Crippen LogP contribution in [0.5, 0.6) is 5.75 Å². The van der Waals surface area contributed by atoms with Gasteiger partial charge in [-0.25, -0.2) is 0 Å². The molecule has 2 heterocycles. The molecular weight excluding hydrogens is 431 g/mol. The number of halogens is 2.